The van der Waals surface area contributed by atoms with E-state index in [1.54, 1.807) is 0 Å². The molecule has 0 unspecified atom stereocenters. The van der Waals surface area contributed by atoms with Crippen LogP contribution in [0.4, 0.5) is 0 Å². The highest BCUT2D eigenvalue weighted by molar-refractivity contribution is 6.30. The molecule has 2 aromatic carbocycles. The van der Waals surface area contributed by atoms with Crippen molar-refractivity contribution in [3.8, 4) is 5.75 Å². The number of aryl methyl sites for hydroxylation is 1. The Balaban J connectivity index is 2.04. The fourth-order valence-electron chi connectivity index (χ4n) is 1.89. The van der Waals surface area contributed by atoms with Crippen LogP contribution in [0.3, 0.4) is 0 Å². The fourth-order valence-corrected chi connectivity index (χ4v) is 2.05. The summed E-state index contributed by atoms with van der Waals surface area (Å²) >= 11 is 5.97. The smallest absolute Gasteiger partial charge is 0.124 e. The van der Waals surface area contributed by atoms with Gasteiger partial charge in [-0.05, 0) is 41.7 Å². The van der Waals surface area contributed by atoms with Crippen molar-refractivity contribution in [1.29, 1.82) is 0 Å². The topological polar surface area (TPSA) is 9.23 Å². The lowest BCUT2D eigenvalue weighted by Gasteiger charge is -2.11. The summed E-state index contributed by atoms with van der Waals surface area (Å²) in [5.74, 6) is 1.41. The van der Waals surface area contributed by atoms with E-state index >= 15 is 0 Å². The summed E-state index contributed by atoms with van der Waals surface area (Å²) in [5.41, 5.74) is 3.62. The standard InChI is InChI=1S/C17H19ClO/c1-12(2)15-7-5-14(6-8-15)11-19-17-10-16(18)9-4-13(17)3/h4-10,12H,11H2,1-3H3. The Morgan fingerprint density at radius 3 is 2.37 bits per heavy atom. The first-order chi connectivity index (χ1) is 9.06. The number of halogens is 1. The maximum atomic E-state index is 5.97. The third-order valence-corrected chi connectivity index (χ3v) is 3.43. The van der Waals surface area contributed by atoms with Gasteiger partial charge in [-0.1, -0.05) is 55.8 Å². The molecule has 0 aliphatic rings. The highest BCUT2D eigenvalue weighted by Gasteiger charge is 2.03. The van der Waals surface area contributed by atoms with E-state index in [-0.39, 0.29) is 0 Å². The van der Waals surface area contributed by atoms with Gasteiger partial charge in [-0.25, -0.2) is 0 Å². The molecule has 0 heterocycles. The monoisotopic (exact) mass is 274 g/mol. The third-order valence-electron chi connectivity index (χ3n) is 3.19. The van der Waals surface area contributed by atoms with Gasteiger partial charge in [-0.3, -0.25) is 0 Å². The summed E-state index contributed by atoms with van der Waals surface area (Å²) in [7, 11) is 0. The Kier molecular flexibility index (Phi) is 4.49. The van der Waals surface area contributed by atoms with E-state index in [1.165, 1.54) is 11.1 Å². The Morgan fingerprint density at radius 1 is 1.05 bits per heavy atom. The van der Waals surface area contributed by atoms with Crippen LogP contribution >= 0.6 is 11.6 Å². The second kappa shape index (κ2) is 6.12. The molecule has 0 aliphatic carbocycles. The van der Waals surface area contributed by atoms with Gasteiger partial charge in [0.05, 0.1) is 0 Å². The quantitative estimate of drug-likeness (QED) is 0.730. The predicted molar refractivity (Wildman–Crippen MR) is 81.1 cm³/mol. The highest BCUT2D eigenvalue weighted by atomic mass is 35.5. The average molecular weight is 275 g/mol. The maximum absolute atomic E-state index is 5.97. The molecule has 100 valence electrons. The minimum absolute atomic E-state index is 0.560. The van der Waals surface area contributed by atoms with Crippen molar-refractivity contribution in [2.45, 2.75) is 33.3 Å². The van der Waals surface area contributed by atoms with Crippen LogP contribution in [-0.2, 0) is 6.61 Å². The molecule has 2 aromatic rings. The molecule has 0 fully saturated rings. The van der Waals surface area contributed by atoms with Gasteiger partial charge in [0.1, 0.15) is 12.4 Å². The number of benzene rings is 2. The van der Waals surface area contributed by atoms with Crippen LogP contribution in [0.25, 0.3) is 0 Å². The van der Waals surface area contributed by atoms with E-state index in [2.05, 4.69) is 38.1 Å². The van der Waals surface area contributed by atoms with Crippen molar-refractivity contribution in [3.63, 3.8) is 0 Å². The van der Waals surface area contributed by atoms with E-state index in [0.29, 0.717) is 17.5 Å². The molecule has 2 heteroatoms. The van der Waals surface area contributed by atoms with Crippen LogP contribution in [0, 0.1) is 6.92 Å². The van der Waals surface area contributed by atoms with Crippen molar-refractivity contribution in [3.05, 3.63) is 64.2 Å². The van der Waals surface area contributed by atoms with Gasteiger partial charge in [0.2, 0.25) is 0 Å². The van der Waals surface area contributed by atoms with Gasteiger partial charge in [-0.2, -0.15) is 0 Å². The Labute approximate surface area is 120 Å². The molecule has 1 nitrogen and oxygen atoms in total. The summed E-state index contributed by atoms with van der Waals surface area (Å²) in [5, 5.41) is 0.704. The normalized spacial score (nSPS) is 10.8. The molecule has 0 N–H and O–H groups in total. The largest absolute Gasteiger partial charge is 0.489 e. The number of hydrogen-bond donors (Lipinski definition) is 0. The molecule has 0 bridgehead atoms. The van der Waals surface area contributed by atoms with Crippen molar-refractivity contribution in [2.75, 3.05) is 0 Å². The van der Waals surface area contributed by atoms with Gasteiger partial charge in [-0.15, -0.1) is 0 Å². The zero-order valence-corrected chi connectivity index (χ0v) is 12.4. The van der Waals surface area contributed by atoms with Crippen LogP contribution in [0.15, 0.2) is 42.5 Å². The minimum Gasteiger partial charge on any atom is -0.489 e. The highest BCUT2D eigenvalue weighted by Crippen LogP contribution is 2.23. The Bertz CT molecular complexity index is 544. The first-order valence-electron chi connectivity index (χ1n) is 6.54. The lowest BCUT2D eigenvalue weighted by molar-refractivity contribution is 0.304. The van der Waals surface area contributed by atoms with Crippen molar-refractivity contribution in [1.82, 2.24) is 0 Å². The molecule has 0 spiro atoms. The molecular weight excluding hydrogens is 256 g/mol. The third kappa shape index (κ3) is 3.74. The summed E-state index contributed by atoms with van der Waals surface area (Å²) in [6, 6.07) is 14.3. The van der Waals surface area contributed by atoms with Crippen LogP contribution in [0.1, 0.15) is 36.5 Å². The van der Waals surface area contributed by atoms with E-state index in [4.69, 9.17) is 16.3 Å². The first-order valence-corrected chi connectivity index (χ1v) is 6.92. The number of rotatable bonds is 4. The Hall–Kier alpha value is -1.47. The van der Waals surface area contributed by atoms with E-state index < -0.39 is 0 Å². The van der Waals surface area contributed by atoms with Crippen molar-refractivity contribution < 1.29 is 4.74 Å². The molecule has 19 heavy (non-hydrogen) atoms. The number of ether oxygens (including phenoxy) is 1. The lowest BCUT2D eigenvalue weighted by atomic mass is 10.0. The SMILES string of the molecule is Cc1ccc(Cl)cc1OCc1ccc(C(C)C)cc1. The fraction of sp³-hybridized carbons (Fsp3) is 0.294. The zero-order valence-electron chi connectivity index (χ0n) is 11.6. The molecule has 0 aromatic heterocycles. The summed E-state index contributed by atoms with van der Waals surface area (Å²) in [4.78, 5) is 0. The molecule has 0 amide bonds. The van der Waals surface area contributed by atoms with Gasteiger partial charge in [0.15, 0.2) is 0 Å². The summed E-state index contributed by atoms with van der Waals surface area (Å²) in [6.07, 6.45) is 0. The molecule has 0 radical (unpaired) electrons. The molecule has 0 aliphatic heterocycles. The van der Waals surface area contributed by atoms with Gasteiger partial charge < -0.3 is 4.74 Å². The second-order valence-corrected chi connectivity index (χ2v) is 5.53. The van der Waals surface area contributed by atoms with Crippen LogP contribution < -0.4 is 4.74 Å². The predicted octanol–water partition coefficient (Wildman–Crippen LogP) is 5.35. The zero-order chi connectivity index (χ0) is 13.8. The Morgan fingerprint density at radius 2 is 1.74 bits per heavy atom. The summed E-state index contributed by atoms with van der Waals surface area (Å²) < 4.78 is 5.82. The number of hydrogen-bond acceptors (Lipinski definition) is 1. The first kappa shape index (κ1) is 14.0. The average Bonchev–Trinajstić information content (AvgIpc) is 2.40. The molecule has 0 atom stereocenters. The molecular formula is C17H19ClO. The maximum Gasteiger partial charge on any atom is 0.124 e. The van der Waals surface area contributed by atoms with Crippen molar-refractivity contribution >= 4 is 11.6 Å². The lowest BCUT2D eigenvalue weighted by Crippen LogP contribution is -1.97. The molecule has 2 rings (SSSR count). The summed E-state index contributed by atoms with van der Waals surface area (Å²) in [6.45, 7) is 6.98. The van der Waals surface area contributed by atoms with E-state index in [1.807, 2.05) is 25.1 Å². The van der Waals surface area contributed by atoms with E-state index in [9.17, 15) is 0 Å². The molecule has 0 saturated carbocycles. The van der Waals surface area contributed by atoms with Crippen LogP contribution in [0.2, 0.25) is 5.02 Å². The van der Waals surface area contributed by atoms with Gasteiger partial charge >= 0.3 is 0 Å². The van der Waals surface area contributed by atoms with Gasteiger partial charge in [0, 0.05) is 5.02 Å². The van der Waals surface area contributed by atoms with E-state index in [0.717, 1.165) is 11.3 Å². The van der Waals surface area contributed by atoms with Gasteiger partial charge in [0.25, 0.3) is 0 Å². The van der Waals surface area contributed by atoms with Crippen LogP contribution in [0.5, 0.6) is 5.75 Å². The van der Waals surface area contributed by atoms with Crippen LogP contribution in [-0.4, -0.2) is 0 Å². The second-order valence-electron chi connectivity index (χ2n) is 5.09. The molecule has 0 saturated heterocycles. The minimum atomic E-state index is 0.560. The van der Waals surface area contributed by atoms with Crippen molar-refractivity contribution in [2.24, 2.45) is 0 Å².